The highest BCUT2D eigenvalue weighted by atomic mass is 32.2. The second kappa shape index (κ2) is 7.43. The first-order chi connectivity index (χ1) is 14.1. The number of sulfone groups is 1. The first kappa shape index (κ1) is 20.4. The predicted molar refractivity (Wildman–Crippen MR) is 113 cm³/mol. The molecule has 1 aliphatic heterocycles. The van der Waals surface area contributed by atoms with Gasteiger partial charge in [-0.15, -0.1) is 0 Å². The van der Waals surface area contributed by atoms with Gasteiger partial charge in [0.15, 0.2) is 0 Å². The van der Waals surface area contributed by atoms with Crippen LogP contribution in [0.25, 0.3) is 10.9 Å². The monoisotopic (exact) mass is 427 g/mol. The molecule has 0 spiro atoms. The average molecular weight is 428 g/mol. The Morgan fingerprint density at radius 3 is 2.53 bits per heavy atom. The van der Waals surface area contributed by atoms with Crippen LogP contribution in [0, 0.1) is 0 Å². The number of ether oxygens (including phenoxy) is 1. The van der Waals surface area contributed by atoms with Crippen LogP contribution in [0.5, 0.6) is 0 Å². The Kier molecular flexibility index (Phi) is 5.05. The number of hydrogen-bond donors (Lipinski definition) is 1. The lowest BCUT2D eigenvalue weighted by molar-refractivity contribution is 0.0292. The van der Waals surface area contributed by atoms with E-state index < -0.39 is 15.4 Å². The molecule has 1 unspecified atom stereocenters. The highest BCUT2D eigenvalue weighted by molar-refractivity contribution is 7.91. The van der Waals surface area contributed by atoms with Crippen LogP contribution < -0.4 is 0 Å². The van der Waals surface area contributed by atoms with Gasteiger partial charge in [-0.1, -0.05) is 12.1 Å². The molecular weight excluding hydrogens is 402 g/mol. The van der Waals surface area contributed by atoms with Crippen molar-refractivity contribution in [3.63, 3.8) is 0 Å². The van der Waals surface area contributed by atoms with E-state index in [-0.39, 0.29) is 21.8 Å². The number of likely N-dealkylation sites (tertiary alicyclic amines) is 1. The smallest absolute Gasteiger partial charge is 0.410 e. The number of fused-ring (bicyclic) bond motifs is 1. The topological polar surface area (TPSA) is 92.4 Å². The van der Waals surface area contributed by atoms with Crippen LogP contribution in [0.15, 0.2) is 58.5 Å². The van der Waals surface area contributed by atoms with Crippen LogP contribution in [0.1, 0.15) is 38.7 Å². The number of nitrogens with zero attached hydrogens (tertiary/aromatic N) is 2. The van der Waals surface area contributed by atoms with Gasteiger partial charge in [0.25, 0.3) is 0 Å². The van der Waals surface area contributed by atoms with E-state index in [9.17, 15) is 13.2 Å². The molecule has 2 aromatic carbocycles. The second-order valence-electron chi connectivity index (χ2n) is 8.60. The lowest BCUT2D eigenvalue weighted by Gasteiger charge is -2.24. The van der Waals surface area contributed by atoms with Crippen molar-refractivity contribution >= 4 is 26.8 Å². The largest absolute Gasteiger partial charge is 0.444 e. The molecule has 3 aromatic rings. The van der Waals surface area contributed by atoms with Gasteiger partial charge in [0.2, 0.25) is 9.84 Å². The first-order valence-electron chi connectivity index (χ1n) is 9.90. The van der Waals surface area contributed by atoms with Crippen LogP contribution in [0.3, 0.4) is 0 Å². The molecule has 0 bridgehead atoms. The van der Waals surface area contributed by atoms with Crippen LogP contribution >= 0.6 is 0 Å². The zero-order valence-electron chi connectivity index (χ0n) is 17.3. The standard InChI is InChI=1S/C22H25N3O4S/c1-22(2,3)29-21(26)25-11-10-16(14-25)15-4-6-18(7-5-15)30(27,28)19-8-9-20-17(12-19)13-23-24-20/h4-9,12-13,16H,10-11,14H2,1-3H3,(H,23,24). The summed E-state index contributed by atoms with van der Waals surface area (Å²) in [7, 11) is -3.62. The van der Waals surface area contributed by atoms with Crippen LogP contribution in [0.4, 0.5) is 4.79 Å². The summed E-state index contributed by atoms with van der Waals surface area (Å²) in [6.07, 6.45) is 2.12. The van der Waals surface area contributed by atoms with Gasteiger partial charge in [-0.05, 0) is 63.1 Å². The van der Waals surface area contributed by atoms with Gasteiger partial charge in [-0.25, -0.2) is 13.2 Å². The Morgan fingerprint density at radius 2 is 1.83 bits per heavy atom. The van der Waals surface area contributed by atoms with Crippen LogP contribution in [-0.4, -0.2) is 48.3 Å². The second-order valence-corrected chi connectivity index (χ2v) is 10.6. The highest BCUT2D eigenvalue weighted by Crippen LogP contribution is 2.30. The first-order valence-corrected chi connectivity index (χ1v) is 11.4. The highest BCUT2D eigenvalue weighted by Gasteiger charge is 2.30. The summed E-state index contributed by atoms with van der Waals surface area (Å²) in [6, 6.07) is 11.9. The minimum Gasteiger partial charge on any atom is -0.444 e. The molecule has 0 radical (unpaired) electrons. The zero-order valence-corrected chi connectivity index (χ0v) is 18.1. The van der Waals surface area contributed by atoms with E-state index in [1.807, 2.05) is 32.9 Å². The number of rotatable bonds is 3. The van der Waals surface area contributed by atoms with Crippen LogP contribution in [0.2, 0.25) is 0 Å². The molecule has 1 fully saturated rings. The van der Waals surface area contributed by atoms with Gasteiger partial charge in [-0.3, -0.25) is 5.10 Å². The Balaban J connectivity index is 1.49. The third-order valence-electron chi connectivity index (χ3n) is 5.22. The van der Waals surface area contributed by atoms with E-state index in [4.69, 9.17) is 4.74 Å². The fraction of sp³-hybridized carbons (Fsp3) is 0.364. The summed E-state index contributed by atoms with van der Waals surface area (Å²) >= 11 is 0. The quantitative estimate of drug-likeness (QED) is 0.679. The summed E-state index contributed by atoms with van der Waals surface area (Å²) in [5, 5.41) is 7.50. The number of carbonyl (C=O) groups is 1. The number of H-pyrrole nitrogens is 1. The van der Waals surface area contributed by atoms with Crippen molar-refractivity contribution in [2.75, 3.05) is 13.1 Å². The summed E-state index contributed by atoms with van der Waals surface area (Å²) in [6.45, 7) is 6.74. The van der Waals surface area contributed by atoms with E-state index in [0.717, 1.165) is 22.9 Å². The summed E-state index contributed by atoms with van der Waals surface area (Å²) < 4.78 is 31.5. The number of nitrogens with one attached hydrogen (secondary N) is 1. The molecule has 8 heteroatoms. The van der Waals surface area contributed by atoms with E-state index in [1.54, 1.807) is 41.4 Å². The van der Waals surface area contributed by atoms with Crippen molar-refractivity contribution in [2.45, 2.75) is 48.5 Å². The lowest BCUT2D eigenvalue weighted by Crippen LogP contribution is -2.35. The number of aromatic amines is 1. The molecule has 1 atom stereocenters. The molecule has 4 rings (SSSR count). The molecule has 30 heavy (non-hydrogen) atoms. The SMILES string of the molecule is CC(C)(C)OC(=O)N1CCC(c2ccc(S(=O)(=O)c3ccc4[nH]ncc4c3)cc2)C1. The van der Waals surface area contributed by atoms with Crippen molar-refractivity contribution in [3.05, 3.63) is 54.2 Å². The lowest BCUT2D eigenvalue weighted by atomic mass is 9.99. The van der Waals surface area contributed by atoms with Crippen molar-refractivity contribution in [3.8, 4) is 0 Å². The van der Waals surface area contributed by atoms with Gasteiger partial charge in [-0.2, -0.15) is 5.10 Å². The van der Waals surface area contributed by atoms with E-state index >= 15 is 0 Å². The predicted octanol–water partition coefficient (Wildman–Crippen LogP) is 4.12. The third-order valence-corrected chi connectivity index (χ3v) is 6.99. The van der Waals surface area contributed by atoms with Crippen molar-refractivity contribution < 1.29 is 17.9 Å². The Morgan fingerprint density at radius 1 is 1.13 bits per heavy atom. The molecule has 1 aromatic heterocycles. The average Bonchev–Trinajstić information content (AvgIpc) is 3.36. The van der Waals surface area contributed by atoms with Crippen molar-refractivity contribution in [1.82, 2.24) is 15.1 Å². The maximum absolute atomic E-state index is 13.0. The van der Waals surface area contributed by atoms with Crippen molar-refractivity contribution in [2.24, 2.45) is 0 Å². The number of amides is 1. The number of hydrogen-bond acceptors (Lipinski definition) is 5. The van der Waals surface area contributed by atoms with E-state index in [1.165, 1.54) is 0 Å². The van der Waals surface area contributed by atoms with Gasteiger partial charge in [0, 0.05) is 24.4 Å². The number of benzene rings is 2. The third kappa shape index (κ3) is 4.05. The molecular formula is C22H25N3O4S. The summed E-state index contributed by atoms with van der Waals surface area (Å²) in [5.41, 5.74) is 1.29. The van der Waals surface area contributed by atoms with Crippen molar-refractivity contribution in [1.29, 1.82) is 0 Å². The molecule has 1 N–H and O–H groups in total. The normalized spacial score (nSPS) is 17.4. The molecule has 0 saturated carbocycles. The minimum absolute atomic E-state index is 0.163. The molecule has 2 heterocycles. The molecule has 1 aliphatic rings. The summed E-state index contributed by atoms with van der Waals surface area (Å²) in [4.78, 5) is 14.5. The van der Waals surface area contributed by atoms with Crippen LogP contribution in [-0.2, 0) is 14.6 Å². The number of aromatic nitrogens is 2. The Hall–Kier alpha value is -2.87. The van der Waals surface area contributed by atoms with Gasteiger partial charge >= 0.3 is 6.09 Å². The Labute approximate surface area is 176 Å². The van der Waals surface area contributed by atoms with Gasteiger partial charge < -0.3 is 9.64 Å². The van der Waals surface area contributed by atoms with E-state index in [0.29, 0.717) is 13.1 Å². The molecule has 1 amide bonds. The van der Waals surface area contributed by atoms with Gasteiger partial charge in [0.05, 0.1) is 21.5 Å². The molecule has 158 valence electrons. The summed E-state index contributed by atoms with van der Waals surface area (Å²) in [5.74, 6) is 0.163. The number of carbonyl (C=O) groups excluding carboxylic acids is 1. The van der Waals surface area contributed by atoms with E-state index in [2.05, 4.69) is 10.2 Å². The molecule has 7 nitrogen and oxygen atoms in total. The fourth-order valence-electron chi connectivity index (χ4n) is 3.67. The zero-order chi connectivity index (χ0) is 21.5. The maximum Gasteiger partial charge on any atom is 0.410 e. The minimum atomic E-state index is -3.62. The molecule has 1 saturated heterocycles. The maximum atomic E-state index is 13.0. The fourth-order valence-corrected chi connectivity index (χ4v) is 4.96. The molecule has 0 aliphatic carbocycles. The van der Waals surface area contributed by atoms with Gasteiger partial charge in [0.1, 0.15) is 5.60 Å². The Bertz CT molecular complexity index is 1180.